The van der Waals surface area contributed by atoms with Gasteiger partial charge in [-0.15, -0.1) is 0 Å². The predicted octanol–water partition coefficient (Wildman–Crippen LogP) is 5.32. The summed E-state index contributed by atoms with van der Waals surface area (Å²) < 4.78 is 21.4. The number of nitrogens with zero attached hydrogens (tertiary/aromatic N) is 3. The summed E-state index contributed by atoms with van der Waals surface area (Å²) >= 11 is 3.45. The third kappa shape index (κ3) is 6.45. The van der Waals surface area contributed by atoms with Crippen LogP contribution in [-0.4, -0.2) is 43.9 Å². The fourth-order valence-electron chi connectivity index (χ4n) is 4.00. The number of carbonyl (C=O) groups is 1. The van der Waals surface area contributed by atoms with Crippen molar-refractivity contribution in [2.45, 2.75) is 58.6 Å². The number of aromatic nitrogens is 3. The molecule has 2 atom stereocenters. The monoisotopic (exact) mass is 546 g/mol. The minimum absolute atomic E-state index is 0.0561. The number of aromatic hydroxyl groups is 1. The van der Waals surface area contributed by atoms with Crippen molar-refractivity contribution in [3.8, 4) is 17.4 Å². The second-order valence-electron chi connectivity index (χ2n) is 9.48. The molecule has 0 unspecified atom stereocenters. The number of nitrogens with one attached hydrogen (secondary N) is 1. The van der Waals surface area contributed by atoms with Gasteiger partial charge in [0.2, 0.25) is 5.91 Å². The van der Waals surface area contributed by atoms with E-state index in [0.29, 0.717) is 36.9 Å². The molecule has 4 rings (SSSR count). The number of hydrogen-bond donors (Lipinski definition) is 2. The molecule has 1 aliphatic rings. The molecule has 10 heteroatoms. The minimum atomic E-state index is -0.649. The molecule has 1 amide bonds. The molecular weight excluding hydrogens is 516 g/mol. The van der Waals surface area contributed by atoms with E-state index in [0.717, 1.165) is 4.47 Å². The van der Waals surface area contributed by atoms with Crippen molar-refractivity contribution in [3.63, 3.8) is 0 Å². The second kappa shape index (κ2) is 10.4. The normalized spacial score (nSPS) is 18.1. The molecule has 9 nitrogen and oxygen atoms in total. The van der Waals surface area contributed by atoms with Gasteiger partial charge in [-0.05, 0) is 54.2 Å². The van der Waals surface area contributed by atoms with Gasteiger partial charge in [0, 0.05) is 18.3 Å². The first-order valence-electron chi connectivity index (χ1n) is 11.6. The number of benzene rings is 1. The highest BCUT2D eigenvalue weighted by molar-refractivity contribution is 9.10. The van der Waals surface area contributed by atoms with Crippen molar-refractivity contribution in [2.24, 2.45) is 5.92 Å². The average molecular weight is 547 g/mol. The largest absolute Gasteiger partial charge is 0.494 e. The van der Waals surface area contributed by atoms with Crippen LogP contribution in [0.15, 0.2) is 53.3 Å². The quantitative estimate of drug-likeness (QED) is 0.376. The van der Waals surface area contributed by atoms with Crippen LogP contribution >= 0.6 is 15.9 Å². The van der Waals surface area contributed by atoms with Crippen LogP contribution in [0.3, 0.4) is 0 Å². The van der Waals surface area contributed by atoms with Crippen molar-refractivity contribution in [2.75, 3.05) is 11.9 Å². The highest BCUT2D eigenvalue weighted by atomic mass is 79.9. The highest BCUT2D eigenvalue weighted by Gasteiger charge is 2.33. The first kappa shape index (κ1) is 25.3. The summed E-state index contributed by atoms with van der Waals surface area (Å²) in [6.45, 7) is 8.81. The Bertz CT molecular complexity index is 1170. The van der Waals surface area contributed by atoms with Gasteiger partial charge in [-0.2, -0.15) is 5.10 Å². The van der Waals surface area contributed by atoms with Gasteiger partial charge in [0.25, 0.3) is 0 Å². The molecule has 3 heterocycles. The molecule has 2 aromatic heterocycles. The number of hydrogen-bond acceptors (Lipinski definition) is 6. The van der Waals surface area contributed by atoms with Gasteiger partial charge in [-0.25, -0.2) is 0 Å². The summed E-state index contributed by atoms with van der Waals surface area (Å²) in [7, 11) is 0. The summed E-state index contributed by atoms with van der Waals surface area (Å²) in [4.78, 5) is 13.3. The van der Waals surface area contributed by atoms with Crippen LogP contribution in [0.25, 0.3) is 0 Å². The summed E-state index contributed by atoms with van der Waals surface area (Å²) in [6.07, 6.45) is 3.84. The first-order chi connectivity index (χ1) is 16.6. The molecule has 0 aliphatic carbocycles. The standard InChI is InChI=1S/C25H31BrN4O5/c1-16(2)11-20(30-14-17(12-23(30)31)34-21-8-6-5-7-19(21)26)24(32)27-22-9-10-29(28-22)13-18-15-33-25(3,4)35-18/h5-10,12,14,16,18,20,31H,11,13,15H2,1-4H3,(H,27,28,32)/t18-,20+/m1/s1. The van der Waals surface area contributed by atoms with Crippen LogP contribution < -0.4 is 10.1 Å². The Morgan fingerprint density at radius 2 is 2.11 bits per heavy atom. The lowest BCUT2D eigenvalue weighted by atomic mass is 10.0. The summed E-state index contributed by atoms with van der Waals surface area (Å²) in [5.41, 5.74) is 0. The van der Waals surface area contributed by atoms with Gasteiger partial charge >= 0.3 is 0 Å². The molecule has 1 aliphatic heterocycles. The van der Waals surface area contributed by atoms with Crippen molar-refractivity contribution in [1.82, 2.24) is 14.3 Å². The van der Waals surface area contributed by atoms with Crippen molar-refractivity contribution in [1.29, 1.82) is 0 Å². The smallest absolute Gasteiger partial charge is 0.248 e. The van der Waals surface area contributed by atoms with Crippen LogP contribution in [0.2, 0.25) is 0 Å². The lowest BCUT2D eigenvalue weighted by Gasteiger charge is -2.20. The van der Waals surface area contributed by atoms with Crippen LogP contribution in [-0.2, 0) is 20.8 Å². The van der Waals surface area contributed by atoms with Gasteiger partial charge in [0.1, 0.15) is 23.6 Å². The van der Waals surface area contributed by atoms with Crippen LogP contribution in [0, 0.1) is 5.92 Å². The van der Waals surface area contributed by atoms with Gasteiger partial charge in [0.05, 0.1) is 23.8 Å². The zero-order valence-corrected chi connectivity index (χ0v) is 21.9. The molecule has 188 valence electrons. The number of rotatable bonds is 9. The lowest BCUT2D eigenvalue weighted by molar-refractivity contribution is -0.139. The van der Waals surface area contributed by atoms with E-state index in [4.69, 9.17) is 14.2 Å². The Hall–Kier alpha value is -2.82. The average Bonchev–Trinajstić information content (AvgIpc) is 3.46. The maximum Gasteiger partial charge on any atom is 0.248 e. The van der Waals surface area contributed by atoms with E-state index in [9.17, 15) is 9.90 Å². The maximum atomic E-state index is 13.3. The van der Waals surface area contributed by atoms with Gasteiger partial charge in [-0.3, -0.25) is 9.48 Å². The van der Waals surface area contributed by atoms with E-state index in [2.05, 4.69) is 26.3 Å². The third-order valence-electron chi connectivity index (χ3n) is 5.55. The SMILES string of the molecule is CC(C)C[C@@H](C(=O)Nc1ccn(C[C@@H]2COC(C)(C)O2)n1)n1cc(Oc2ccccc2Br)cc1O. The van der Waals surface area contributed by atoms with E-state index >= 15 is 0 Å². The van der Waals surface area contributed by atoms with Gasteiger partial charge in [0.15, 0.2) is 17.5 Å². The fourth-order valence-corrected chi connectivity index (χ4v) is 4.36. The molecule has 0 bridgehead atoms. The molecule has 3 aromatic rings. The maximum absolute atomic E-state index is 13.3. The highest BCUT2D eigenvalue weighted by Crippen LogP contribution is 2.35. The molecular formula is C25H31BrN4O5. The molecule has 0 spiro atoms. The Morgan fingerprint density at radius 3 is 2.80 bits per heavy atom. The first-order valence-corrected chi connectivity index (χ1v) is 12.4. The number of carbonyl (C=O) groups excluding carboxylic acids is 1. The van der Waals surface area contributed by atoms with E-state index < -0.39 is 11.8 Å². The summed E-state index contributed by atoms with van der Waals surface area (Å²) in [6, 6.07) is 10.0. The Morgan fingerprint density at radius 1 is 1.34 bits per heavy atom. The lowest BCUT2D eigenvalue weighted by Crippen LogP contribution is -2.27. The zero-order valence-electron chi connectivity index (χ0n) is 20.3. The topological polar surface area (TPSA) is 99.8 Å². The molecule has 1 fully saturated rings. The van der Waals surface area contributed by atoms with E-state index in [1.165, 1.54) is 10.6 Å². The van der Waals surface area contributed by atoms with Crippen LogP contribution in [0.4, 0.5) is 5.82 Å². The van der Waals surface area contributed by atoms with E-state index in [1.54, 1.807) is 23.1 Å². The number of halogens is 1. The van der Waals surface area contributed by atoms with Crippen molar-refractivity contribution >= 4 is 27.7 Å². The Labute approximate surface area is 213 Å². The van der Waals surface area contributed by atoms with Crippen molar-refractivity contribution < 1.29 is 24.1 Å². The number of anilines is 1. The minimum Gasteiger partial charge on any atom is -0.494 e. The second-order valence-corrected chi connectivity index (χ2v) is 10.3. The third-order valence-corrected chi connectivity index (χ3v) is 6.20. The Kier molecular flexibility index (Phi) is 7.53. The van der Waals surface area contributed by atoms with Gasteiger partial charge < -0.3 is 29.2 Å². The molecule has 35 heavy (non-hydrogen) atoms. The predicted molar refractivity (Wildman–Crippen MR) is 135 cm³/mol. The van der Waals surface area contributed by atoms with Crippen molar-refractivity contribution in [3.05, 3.63) is 53.3 Å². The molecule has 1 aromatic carbocycles. The number of ether oxygens (including phenoxy) is 3. The zero-order chi connectivity index (χ0) is 25.2. The van der Waals surface area contributed by atoms with E-state index in [-0.39, 0.29) is 23.8 Å². The van der Waals surface area contributed by atoms with E-state index in [1.807, 2.05) is 52.0 Å². The van der Waals surface area contributed by atoms with Crippen LogP contribution in [0.1, 0.15) is 40.2 Å². The number of amides is 1. The fraction of sp³-hybridized carbons (Fsp3) is 0.440. The molecule has 0 radical (unpaired) electrons. The van der Waals surface area contributed by atoms with Crippen LogP contribution in [0.5, 0.6) is 17.4 Å². The molecule has 0 saturated carbocycles. The molecule has 2 N–H and O–H groups in total. The number of para-hydroxylation sites is 1. The van der Waals surface area contributed by atoms with Gasteiger partial charge in [-0.1, -0.05) is 26.0 Å². The Balaban J connectivity index is 1.46. The summed E-state index contributed by atoms with van der Waals surface area (Å²) in [5.74, 6) is 0.751. The molecule has 1 saturated heterocycles. The summed E-state index contributed by atoms with van der Waals surface area (Å²) in [5, 5.41) is 18.0.